The van der Waals surface area contributed by atoms with Crippen molar-refractivity contribution in [2.24, 2.45) is 0 Å². The predicted octanol–water partition coefficient (Wildman–Crippen LogP) is 3.27. The lowest BCUT2D eigenvalue weighted by atomic mass is 10.1. The molecule has 1 heterocycles. The van der Waals surface area contributed by atoms with Gasteiger partial charge in [0.2, 0.25) is 0 Å². The molecule has 5 heteroatoms. The first-order valence-electron chi connectivity index (χ1n) is 6.83. The summed E-state index contributed by atoms with van der Waals surface area (Å²) >= 11 is 6.00. The number of benzene rings is 1. The van der Waals surface area contributed by atoms with Crippen molar-refractivity contribution in [2.75, 3.05) is 6.54 Å². The van der Waals surface area contributed by atoms with Crippen LogP contribution in [0.1, 0.15) is 40.5 Å². The van der Waals surface area contributed by atoms with Crippen LogP contribution in [0.5, 0.6) is 0 Å². The average molecular weight is 308 g/mol. The Morgan fingerprint density at radius 2 is 2.14 bits per heavy atom. The third-order valence-corrected chi connectivity index (χ3v) is 3.63. The van der Waals surface area contributed by atoms with Crippen LogP contribution < -0.4 is 5.32 Å². The van der Waals surface area contributed by atoms with Crippen molar-refractivity contribution >= 4 is 17.5 Å². The second kappa shape index (κ2) is 6.78. The number of aliphatic hydroxyl groups is 1. The monoisotopic (exact) mass is 307 g/mol. The lowest BCUT2D eigenvalue weighted by Crippen LogP contribution is -2.28. The van der Waals surface area contributed by atoms with Crippen LogP contribution in [0.15, 0.2) is 34.7 Å². The van der Waals surface area contributed by atoms with Gasteiger partial charge < -0.3 is 14.8 Å². The number of aliphatic hydroxyl groups excluding tert-OH is 1. The molecule has 4 nitrogen and oxygen atoms in total. The molecule has 2 N–H and O–H groups in total. The van der Waals surface area contributed by atoms with Crippen LogP contribution in [0.3, 0.4) is 0 Å². The minimum absolute atomic E-state index is 0.0732. The van der Waals surface area contributed by atoms with Crippen LogP contribution in [0.25, 0.3) is 0 Å². The molecule has 0 aliphatic heterocycles. The number of hydrogen-bond acceptors (Lipinski definition) is 3. The van der Waals surface area contributed by atoms with E-state index in [0.29, 0.717) is 10.6 Å². The van der Waals surface area contributed by atoms with Gasteiger partial charge in [-0.3, -0.25) is 4.79 Å². The molecule has 1 atom stereocenters. The smallest absolute Gasteiger partial charge is 0.287 e. The first-order valence-corrected chi connectivity index (χ1v) is 7.20. The Kier molecular flexibility index (Phi) is 5.04. The minimum atomic E-state index is -0.857. The van der Waals surface area contributed by atoms with E-state index in [1.54, 1.807) is 30.3 Å². The van der Waals surface area contributed by atoms with Crippen molar-refractivity contribution < 1.29 is 14.3 Å². The molecule has 0 radical (unpaired) electrons. The van der Waals surface area contributed by atoms with Gasteiger partial charge in [-0.2, -0.15) is 0 Å². The summed E-state index contributed by atoms with van der Waals surface area (Å²) in [7, 11) is 0. The third-order valence-electron chi connectivity index (χ3n) is 3.29. The molecular weight excluding hydrogens is 290 g/mol. The van der Waals surface area contributed by atoms with Gasteiger partial charge in [0.05, 0.1) is 6.10 Å². The summed E-state index contributed by atoms with van der Waals surface area (Å²) in [5.74, 6) is 0.714. The fraction of sp³-hybridized carbons (Fsp3) is 0.312. The highest BCUT2D eigenvalue weighted by molar-refractivity contribution is 6.31. The summed E-state index contributed by atoms with van der Waals surface area (Å²) in [4.78, 5) is 12.0. The Morgan fingerprint density at radius 3 is 2.76 bits per heavy atom. The maximum Gasteiger partial charge on any atom is 0.287 e. The standard InChI is InChI=1S/C16H18ClNO3/c1-3-14-10(2)8-15(21-14)16(20)18-9-13(19)11-6-4-5-7-12(11)17/h4-8,13,19H,3,9H2,1-2H3,(H,18,20). The number of amides is 1. The van der Waals surface area contributed by atoms with Gasteiger partial charge in [0.1, 0.15) is 5.76 Å². The maximum atomic E-state index is 12.0. The number of carbonyl (C=O) groups excluding carboxylic acids is 1. The highest BCUT2D eigenvalue weighted by atomic mass is 35.5. The quantitative estimate of drug-likeness (QED) is 0.891. The number of halogens is 1. The number of aryl methyl sites for hydroxylation is 2. The molecule has 1 unspecified atom stereocenters. The zero-order valence-corrected chi connectivity index (χ0v) is 12.8. The molecule has 0 spiro atoms. The molecule has 0 fully saturated rings. The van der Waals surface area contributed by atoms with Gasteiger partial charge in [-0.25, -0.2) is 0 Å². The number of furan rings is 1. The van der Waals surface area contributed by atoms with E-state index >= 15 is 0 Å². The van der Waals surface area contributed by atoms with Crippen LogP contribution in [0, 0.1) is 6.92 Å². The SMILES string of the molecule is CCc1oc(C(=O)NCC(O)c2ccccc2Cl)cc1C. The van der Waals surface area contributed by atoms with Gasteiger partial charge in [0, 0.05) is 23.6 Å². The van der Waals surface area contributed by atoms with E-state index in [4.69, 9.17) is 16.0 Å². The maximum absolute atomic E-state index is 12.0. The lowest BCUT2D eigenvalue weighted by Gasteiger charge is -2.13. The van der Waals surface area contributed by atoms with E-state index in [-0.39, 0.29) is 18.2 Å². The largest absolute Gasteiger partial charge is 0.456 e. The van der Waals surface area contributed by atoms with Gasteiger partial charge in [0.15, 0.2) is 5.76 Å². The summed E-state index contributed by atoms with van der Waals surface area (Å²) in [6, 6.07) is 8.71. The molecule has 0 saturated carbocycles. The zero-order chi connectivity index (χ0) is 15.4. The molecule has 2 rings (SSSR count). The Hall–Kier alpha value is -1.78. The Morgan fingerprint density at radius 1 is 1.43 bits per heavy atom. The fourth-order valence-electron chi connectivity index (χ4n) is 2.11. The van der Waals surface area contributed by atoms with Crippen LogP contribution in [0.4, 0.5) is 0 Å². The molecule has 21 heavy (non-hydrogen) atoms. The van der Waals surface area contributed by atoms with Gasteiger partial charge in [-0.05, 0) is 24.6 Å². The van der Waals surface area contributed by atoms with E-state index in [1.807, 2.05) is 13.8 Å². The first-order chi connectivity index (χ1) is 10.0. The van der Waals surface area contributed by atoms with Gasteiger partial charge in [0.25, 0.3) is 5.91 Å². The molecule has 112 valence electrons. The van der Waals surface area contributed by atoms with Gasteiger partial charge >= 0.3 is 0 Å². The highest BCUT2D eigenvalue weighted by Gasteiger charge is 2.16. The predicted molar refractivity (Wildman–Crippen MR) is 81.6 cm³/mol. The number of carbonyl (C=O) groups is 1. The average Bonchev–Trinajstić information content (AvgIpc) is 2.86. The minimum Gasteiger partial charge on any atom is -0.456 e. The van der Waals surface area contributed by atoms with E-state index in [2.05, 4.69) is 5.32 Å². The Labute approximate surface area is 128 Å². The Balaban J connectivity index is 1.99. The first kappa shape index (κ1) is 15.6. The zero-order valence-electron chi connectivity index (χ0n) is 12.0. The van der Waals surface area contributed by atoms with E-state index in [1.165, 1.54) is 0 Å². The van der Waals surface area contributed by atoms with E-state index in [0.717, 1.165) is 17.7 Å². The van der Waals surface area contributed by atoms with Crippen LogP contribution >= 0.6 is 11.6 Å². The summed E-state index contributed by atoms with van der Waals surface area (Å²) in [6.07, 6.45) is -0.120. The van der Waals surface area contributed by atoms with E-state index in [9.17, 15) is 9.90 Å². The van der Waals surface area contributed by atoms with E-state index < -0.39 is 6.10 Å². The summed E-state index contributed by atoms with van der Waals surface area (Å²) in [5.41, 5.74) is 1.54. The van der Waals surface area contributed by atoms with Gasteiger partial charge in [-0.15, -0.1) is 0 Å². The van der Waals surface area contributed by atoms with Crippen LogP contribution in [-0.4, -0.2) is 17.6 Å². The molecule has 0 bridgehead atoms. The fourth-order valence-corrected chi connectivity index (χ4v) is 2.38. The van der Waals surface area contributed by atoms with Crippen molar-refractivity contribution in [2.45, 2.75) is 26.4 Å². The molecule has 0 aliphatic rings. The topological polar surface area (TPSA) is 62.5 Å². The molecular formula is C16H18ClNO3. The second-order valence-electron chi connectivity index (χ2n) is 4.82. The van der Waals surface area contributed by atoms with Crippen molar-refractivity contribution in [1.29, 1.82) is 0 Å². The summed E-state index contributed by atoms with van der Waals surface area (Å²) in [6.45, 7) is 3.94. The highest BCUT2D eigenvalue weighted by Crippen LogP contribution is 2.22. The molecule has 1 aromatic carbocycles. The van der Waals surface area contributed by atoms with Crippen molar-refractivity contribution in [3.8, 4) is 0 Å². The molecule has 1 amide bonds. The Bertz CT molecular complexity index is 636. The van der Waals surface area contributed by atoms with Gasteiger partial charge in [-0.1, -0.05) is 36.7 Å². The normalized spacial score (nSPS) is 12.2. The van der Waals surface area contributed by atoms with Crippen LogP contribution in [0.2, 0.25) is 5.02 Å². The van der Waals surface area contributed by atoms with Crippen molar-refractivity contribution in [1.82, 2.24) is 5.32 Å². The molecule has 0 saturated heterocycles. The molecule has 1 aromatic heterocycles. The van der Waals surface area contributed by atoms with Crippen molar-refractivity contribution in [3.05, 3.63) is 58.0 Å². The third kappa shape index (κ3) is 3.65. The number of hydrogen-bond donors (Lipinski definition) is 2. The number of nitrogens with one attached hydrogen (secondary N) is 1. The summed E-state index contributed by atoms with van der Waals surface area (Å²) in [5, 5.41) is 13.2. The summed E-state index contributed by atoms with van der Waals surface area (Å²) < 4.78 is 5.47. The second-order valence-corrected chi connectivity index (χ2v) is 5.22. The number of rotatable bonds is 5. The van der Waals surface area contributed by atoms with Crippen LogP contribution in [-0.2, 0) is 6.42 Å². The molecule has 0 aliphatic carbocycles. The lowest BCUT2D eigenvalue weighted by molar-refractivity contribution is 0.0887. The molecule has 2 aromatic rings. The van der Waals surface area contributed by atoms with Crippen molar-refractivity contribution in [3.63, 3.8) is 0 Å².